The van der Waals surface area contributed by atoms with E-state index in [1.54, 1.807) is 0 Å². The Morgan fingerprint density at radius 2 is 1.69 bits per heavy atom. The lowest BCUT2D eigenvalue weighted by atomic mass is 9.97. The van der Waals surface area contributed by atoms with E-state index in [9.17, 15) is 18.3 Å². The third kappa shape index (κ3) is 2.88. The number of aliphatic hydroxyl groups excluding tert-OH is 1. The summed E-state index contributed by atoms with van der Waals surface area (Å²) in [4.78, 5) is 0. The minimum absolute atomic E-state index is 0.227. The smallest absolute Gasteiger partial charge is 0.394 e. The van der Waals surface area contributed by atoms with E-state index in [-0.39, 0.29) is 5.56 Å². The molecule has 90 valence electrons. The summed E-state index contributed by atoms with van der Waals surface area (Å²) in [6.07, 6.45) is -5.95. The highest BCUT2D eigenvalue weighted by molar-refractivity contribution is 5.28. The largest absolute Gasteiger partial charge is 0.497 e. The molecule has 0 aliphatic carbocycles. The average molecular weight is 234 g/mol. The predicted octanol–water partition coefficient (Wildman–Crippen LogP) is 2.93. The summed E-state index contributed by atoms with van der Waals surface area (Å²) >= 11 is 0. The highest BCUT2D eigenvalue weighted by Gasteiger charge is 2.41. The van der Waals surface area contributed by atoms with Gasteiger partial charge < -0.3 is 9.84 Å². The van der Waals surface area contributed by atoms with Crippen LogP contribution in [0.3, 0.4) is 0 Å². The average Bonchev–Trinajstić information content (AvgIpc) is 2.26. The molecular formula is C11H13F3O2. The summed E-state index contributed by atoms with van der Waals surface area (Å²) < 4.78 is 41.9. The third-order valence-electron chi connectivity index (χ3n) is 2.45. The Kier molecular flexibility index (Phi) is 3.80. The Hall–Kier alpha value is -1.23. The van der Waals surface area contributed by atoms with Crippen molar-refractivity contribution in [3.8, 4) is 5.75 Å². The zero-order chi connectivity index (χ0) is 12.3. The predicted molar refractivity (Wildman–Crippen MR) is 53.2 cm³/mol. The lowest BCUT2D eigenvalue weighted by Crippen LogP contribution is -2.26. The van der Waals surface area contributed by atoms with E-state index in [2.05, 4.69) is 0 Å². The van der Waals surface area contributed by atoms with Crippen LogP contribution in [-0.2, 0) is 0 Å². The fourth-order valence-corrected chi connectivity index (χ4v) is 1.27. The van der Waals surface area contributed by atoms with E-state index < -0.39 is 18.2 Å². The number of hydrogen-bond acceptors (Lipinski definition) is 2. The molecule has 0 saturated heterocycles. The van der Waals surface area contributed by atoms with E-state index in [1.807, 2.05) is 0 Å². The van der Waals surface area contributed by atoms with Gasteiger partial charge in [0.2, 0.25) is 0 Å². The van der Waals surface area contributed by atoms with Crippen LogP contribution in [0, 0.1) is 5.92 Å². The fourth-order valence-electron chi connectivity index (χ4n) is 1.27. The van der Waals surface area contributed by atoms with Crippen molar-refractivity contribution in [2.45, 2.75) is 19.2 Å². The Bertz CT molecular complexity index is 332. The maximum atomic E-state index is 12.3. The second-order valence-corrected chi connectivity index (χ2v) is 3.55. The van der Waals surface area contributed by atoms with Crippen molar-refractivity contribution in [1.82, 2.24) is 0 Å². The molecule has 0 bridgehead atoms. The first-order valence-corrected chi connectivity index (χ1v) is 4.75. The van der Waals surface area contributed by atoms with Gasteiger partial charge in [-0.1, -0.05) is 19.1 Å². The van der Waals surface area contributed by atoms with Gasteiger partial charge in [-0.2, -0.15) is 13.2 Å². The molecule has 1 aromatic carbocycles. The number of halogens is 3. The number of alkyl halides is 3. The van der Waals surface area contributed by atoms with Crippen molar-refractivity contribution in [1.29, 1.82) is 0 Å². The normalized spacial score (nSPS) is 15.6. The molecule has 5 heteroatoms. The molecule has 0 saturated carbocycles. The molecular weight excluding hydrogens is 221 g/mol. The Morgan fingerprint density at radius 3 is 2.06 bits per heavy atom. The molecule has 1 rings (SSSR count). The van der Waals surface area contributed by atoms with Crippen molar-refractivity contribution in [3.63, 3.8) is 0 Å². The zero-order valence-corrected chi connectivity index (χ0v) is 8.95. The summed E-state index contributed by atoms with van der Waals surface area (Å²) in [6.45, 7) is 0.953. The van der Waals surface area contributed by atoms with Crippen LogP contribution in [0.4, 0.5) is 13.2 Å². The first kappa shape index (κ1) is 12.8. The van der Waals surface area contributed by atoms with Gasteiger partial charge in [0.05, 0.1) is 19.1 Å². The Morgan fingerprint density at radius 1 is 1.19 bits per heavy atom. The summed E-state index contributed by atoms with van der Waals surface area (Å²) in [5.41, 5.74) is 0.227. The molecule has 0 aliphatic heterocycles. The summed E-state index contributed by atoms with van der Waals surface area (Å²) in [5.74, 6) is -1.25. The van der Waals surface area contributed by atoms with Crippen molar-refractivity contribution in [3.05, 3.63) is 29.8 Å². The second kappa shape index (κ2) is 4.74. The lowest BCUT2D eigenvalue weighted by molar-refractivity contribution is -0.195. The van der Waals surface area contributed by atoms with Crippen LogP contribution in [0.2, 0.25) is 0 Å². The van der Waals surface area contributed by atoms with Gasteiger partial charge in [-0.25, -0.2) is 0 Å². The molecule has 1 N–H and O–H groups in total. The molecule has 0 spiro atoms. The number of rotatable bonds is 3. The van der Waals surface area contributed by atoms with Gasteiger partial charge in [0.1, 0.15) is 5.75 Å². The lowest BCUT2D eigenvalue weighted by Gasteiger charge is -2.21. The van der Waals surface area contributed by atoms with Gasteiger partial charge in [-0.3, -0.25) is 0 Å². The zero-order valence-electron chi connectivity index (χ0n) is 8.95. The van der Waals surface area contributed by atoms with Crippen molar-refractivity contribution in [2.75, 3.05) is 7.11 Å². The fraction of sp³-hybridized carbons (Fsp3) is 0.455. The first-order valence-electron chi connectivity index (χ1n) is 4.75. The molecule has 0 aliphatic rings. The highest BCUT2D eigenvalue weighted by Crippen LogP contribution is 2.35. The van der Waals surface area contributed by atoms with Gasteiger partial charge in [0.25, 0.3) is 0 Å². The molecule has 0 aromatic heterocycles. The maximum Gasteiger partial charge on any atom is 0.394 e. The third-order valence-corrected chi connectivity index (χ3v) is 2.45. The maximum absolute atomic E-state index is 12.3. The molecule has 0 amide bonds. The van der Waals surface area contributed by atoms with Gasteiger partial charge in [-0.05, 0) is 17.7 Å². The first-order chi connectivity index (χ1) is 7.36. The number of hydrogen-bond donors (Lipinski definition) is 1. The van der Waals surface area contributed by atoms with E-state index in [1.165, 1.54) is 31.4 Å². The molecule has 0 heterocycles. The SMILES string of the molecule is COc1ccc([C@@H](O)[C@@H](C)C(F)(F)F)cc1. The Balaban J connectivity index is 2.84. The van der Waals surface area contributed by atoms with Crippen LogP contribution in [0.25, 0.3) is 0 Å². The van der Waals surface area contributed by atoms with Crippen molar-refractivity contribution in [2.24, 2.45) is 5.92 Å². The van der Waals surface area contributed by atoms with E-state index >= 15 is 0 Å². The van der Waals surface area contributed by atoms with Crippen LogP contribution in [0.15, 0.2) is 24.3 Å². The highest BCUT2D eigenvalue weighted by atomic mass is 19.4. The van der Waals surface area contributed by atoms with Crippen LogP contribution < -0.4 is 4.74 Å². The van der Waals surface area contributed by atoms with Gasteiger partial charge in [0.15, 0.2) is 0 Å². The van der Waals surface area contributed by atoms with Crippen LogP contribution >= 0.6 is 0 Å². The van der Waals surface area contributed by atoms with Crippen LogP contribution in [-0.4, -0.2) is 18.4 Å². The van der Waals surface area contributed by atoms with Crippen molar-refractivity contribution >= 4 is 0 Å². The molecule has 0 radical (unpaired) electrons. The number of aliphatic hydroxyl groups is 1. The molecule has 16 heavy (non-hydrogen) atoms. The van der Waals surface area contributed by atoms with Crippen LogP contribution in [0.5, 0.6) is 5.75 Å². The molecule has 2 nitrogen and oxygen atoms in total. The number of ether oxygens (including phenoxy) is 1. The minimum atomic E-state index is -4.40. The van der Waals surface area contributed by atoms with E-state index in [0.717, 1.165) is 6.92 Å². The monoisotopic (exact) mass is 234 g/mol. The summed E-state index contributed by atoms with van der Waals surface area (Å²) in [7, 11) is 1.46. The van der Waals surface area contributed by atoms with E-state index in [0.29, 0.717) is 5.75 Å². The van der Waals surface area contributed by atoms with Crippen molar-refractivity contribution < 1.29 is 23.0 Å². The standard InChI is InChI=1S/C11H13F3O2/c1-7(11(12,13)14)10(15)8-3-5-9(16-2)6-4-8/h3-7,10,15H,1-2H3/t7-,10+/m1/s1. The summed E-state index contributed by atoms with van der Waals surface area (Å²) in [5, 5.41) is 9.53. The topological polar surface area (TPSA) is 29.5 Å². The molecule has 0 fully saturated rings. The Labute approximate surface area is 91.7 Å². The number of methoxy groups -OCH3 is 1. The van der Waals surface area contributed by atoms with Gasteiger partial charge in [-0.15, -0.1) is 0 Å². The van der Waals surface area contributed by atoms with Gasteiger partial charge >= 0.3 is 6.18 Å². The second-order valence-electron chi connectivity index (χ2n) is 3.55. The van der Waals surface area contributed by atoms with Crippen LogP contribution in [0.1, 0.15) is 18.6 Å². The van der Waals surface area contributed by atoms with Gasteiger partial charge in [0, 0.05) is 0 Å². The molecule has 1 aromatic rings. The quantitative estimate of drug-likeness (QED) is 0.871. The summed E-state index contributed by atoms with van der Waals surface area (Å²) in [6, 6.07) is 5.88. The molecule has 0 unspecified atom stereocenters. The minimum Gasteiger partial charge on any atom is -0.497 e. The number of benzene rings is 1. The van der Waals surface area contributed by atoms with E-state index in [4.69, 9.17) is 4.74 Å². The molecule has 2 atom stereocenters.